The van der Waals surface area contributed by atoms with Gasteiger partial charge in [0.05, 0.1) is 23.4 Å². The molecule has 0 aliphatic rings. The first-order valence-corrected chi connectivity index (χ1v) is 12.2. The molecule has 33 heavy (non-hydrogen) atoms. The van der Waals surface area contributed by atoms with Crippen molar-refractivity contribution in [1.82, 2.24) is 9.97 Å². The minimum atomic E-state index is -0.118. The Kier molecular flexibility index (Phi) is 7.57. The molecule has 1 amide bonds. The number of unbranched alkanes of at least 4 members (excludes halogenated alkanes) is 2. The molecule has 4 aromatic rings. The summed E-state index contributed by atoms with van der Waals surface area (Å²) in [5.74, 6) is 0.653. The number of nitrogens with zero attached hydrogens (tertiary/aromatic N) is 3. The van der Waals surface area contributed by atoms with Crippen molar-refractivity contribution in [1.29, 1.82) is 0 Å². The largest absolute Gasteiger partial charge is 0.494 e. The molecular weight excluding hydrogens is 454 g/mol. The van der Waals surface area contributed by atoms with E-state index in [0.717, 1.165) is 46.4 Å². The zero-order valence-corrected chi connectivity index (χ0v) is 20.3. The van der Waals surface area contributed by atoms with Gasteiger partial charge in [-0.3, -0.25) is 14.7 Å². The SMILES string of the molecule is CCCCCOc1ccc(C(=O)N(Cc2ccncc2)c2nc3c(C)cc(Cl)cc3s2)cc1. The maximum atomic E-state index is 13.6. The number of halogens is 1. The van der Waals surface area contributed by atoms with Crippen LogP contribution < -0.4 is 9.64 Å². The fourth-order valence-electron chi connectivity index (χ4n) is 3.55. The van der Waals surface area contributed by atoms with Gasteiger partial charge in [-0.25, -0.2) is 4.98 Å². The number of pyridine rings is 1. The zero-order chi connectivity index (χ0) is 23.2. The fourth-order valence-corrected chi connectivity index (χ4v) is 4.96. The molecule has 2 heterocycles. The second-order valence-electron chi connectivity index (χ2n) is 7.89. The van der Waals surface area contributed by atoms with Crippen LogP contribution >= 0.6 is 22.9 Å². The highest BCUT2D eigenvalue weighted by Gasteiger charge is 2.22. The number of ether oxygens (including phenoxy) is 1. The number of aromatic nitrogens is 2. The molecule has 4 rings (SSSR count). The quantitative estimate of drug-likeness (QED) is 0.241. The third-order valence-electron chi connectivity index (χ3n) is 5.32. The maximum Gasteiger partial charge on any atom is 0.260 e. The number of carbonyl (C=O) groups is 1. The zero-order valence-electron chi connectivity index (χ0n) is 18.8. The molecule has 0 spiro atoms. The van der Waals surface area contributed by atoms with Crippen LogP contribution in [0.2, 0.25) is 5.02 Å². The summed E-state index contributed by atoms with van der Waals surface area (Å²) in [6.45, 7) is 5.22. The summed E-state index contributed by atoms with van der Waals surface area (Å²) >= 11 is 7.71. The molecule has 0 radical (unpaired) electrons. The molecule has 0 bridgehead atoms. The summed E-state index contributed by atoms with van der Waals surface area (Å²) in [6, 6.07) is 14.9. The topological polar surface area (TPSA) is 55.3 Å². The van der Waals surface area contributed by atoms with E-state index in [1.165, 1.54) is 11.3 Å². The van der Waals surface area contributed by atoms with Crippen molar-refractivity contribution in [3.63, 3.8) is 0 Å². The van der Waals surface area contributed by atoms with Crippen molar-refractivity contribution in [2.24, 2.45) is 0 Å². The second kappa shape index (κ2) is 10.8. The van der Waals surface area contributed by atoms with Gasteiger partial charge in [-0.15, -0.1) is 0 Å². The molecule has 0 saturated heterocycles. The first-order chi connectivity index (χ1) is 16.0. The molecule has 0 N–H and O–H groups in total. The van der Waals surface area contributed by atoms with E-state index in [4.69, 9.17) is 21.3 Å². The average Bonchev–Trinajstić information content (AvgIpc) is 3.25. The molecule has 0 unspecified atom stereocenters. The van der Waals surface area contributed by atoms with Gasteiger partial charge in [0.15, 0.2) is 5.13 Å². The van der Waals surface area contributed by atoms with Crippen LogP contribution in [0.25, 0.3) is 10.2 Å². The first-order valence-electron chi connectivity index (χ1n) is 11.1. The van der Waals surface area contributed by atoms with Crippen LogP contribution in [-0.4, -0.2) is 22.5 Å². The number of thiazole rings is 1. The number of aryl methyl sites for hydroxylation is 1. The van der Waals surface area contributed by atoms with Gasteiger partial charge in [-0.2, -0.15) is 0 Å². The van der Waals surface area contributed by atoms with E-state index in [0.29, 0.717) is 28.9 Å². The lowest BCUT2D eigenvalue weighted by atomic mass is 10.1. The molecule has 2 aromatic heterocycles. The molecule has 0 aliphatic carbocycles. The first kappa shape index (κ1) is 23.2. The number of fused-ring (bicyclic) bond motifs is 1. The van der Waals surface area contributed by atoms with E-state index < -0.39 is 0 Å². The van der Waals surface area contributed by atoms with Crippen LogP contribution in [0.15, 0.2) is 60.9 Å². The molecule has 2 aromatic carbocycles. The molecule has 0 aliphatic heterocycles. The number of carbonyl (C=O) groups excluding carboxylic acids is 1. The molecule has 0 atom stereocenters. The van der Waals surface area contributed by atoms with E-state index in [2.05, 4.69) is 11.9 Å². The lowest BCUT2D eigenvalue weighted by Crippen LogP contribution is -2.30. The van der Waals surface area contributed by atoms with Gasteiger partial charge in [-0.05, 0) is 73.0 Å². The number of hydrogen-bond donors (Lipinski definition) is 0. The Bertz CT molecular complexity index is 1230. The van der Waals surface area contributed by atoms with Crippen LogP contribution in [0.4, 0.5) is 5.13 Å². The van der Waals surface area contributed by atoms with E-state index in [1.54, 1.807) is 17.3 Å². The normalized spacial score (nSPS) is 11.0. The molecule has 0 fully saturated rings. The van der Waals surface area contributed by atoms with Crippen LogP contribution in [0.1, 0.15) is 47.7 Å². The Morgan fingerprint density at radius 3 is 2.58 bits per heavy atom. The number of benzene rings is 2. The maximum absolute atomic E-state index is 13.6. The minimum absolute atomic E-state index is 0.118. The second-order valence-corrected chi connectivity index (χ2v) is 9.34. The highest BCUT2D eigenvalue weighted by molar-refractivity contribution is 7.22. The Morgan fingerprint density at radius 2 is 1.85 bits per heavy atom. The molecule has 7 heteroatoms. The van der Waals surface area contributed by atoms with Crippen LogP contribution in [0.3, 0.4) is 0 Å². The predicted octanol–water partition coefficient (Wildman–Crippen LogP) is 7.07. The molecule has 5 nitrogen and oxygen atoms in total. The van der Waals surface area contributed by atoms with Gasteiger partial charge in [0.2, 0.25) is 0 Å². The Morgan fingerprint density at radius 1 is 1.09 bits per heavy atom. The standard InChI is InChI=1S/C26H26ClN3O2S/c1-3-4-5-14-32-22-8-6-20(7-9-22)25(31)30(17-19-10-12-28-13-11-19)26-29-24-18(2)15-21(27)16-23(24)33-26/h6-13,15-16H,3-5,14,17H2,1-2H3. The highest BCUT2D eigenvalue weighted by Crippen LogP contribution is 2.34. The number of amides is 1. The van der Waals surface area contributed by atoms with Crippen molar-refractivity contribution in [2.45, 2.75) is 39.7 Å². The molecule has 170 valence electrons. The third-order valence-corrected chi connectivity index (χ3v) is 6.57. The summed E-state index contributed by atoms with van der Waals surface area (Å²) in [5, 5.41) is 1.30. The van der Waals surface area contributed by atoms with E-state index in [-0.39, 0.29) is 5.91 Å². The summed E-state index contributed by atoms with van der Waals surface area (Å²) in [4.78, 5) is 24.2. The summed E-state index contributed by atoms with van der Waals surface area (Å²) < 4.78 is 6.75. The van der Waals surface area contributed by atoms with Gasteiger partial charge < -0.3 is 4.74 Å². The number of hydrogen-bond acceptors (Lipinski definition) is 5. The lowest BCUT2D eigenvalue weighted by molar-refractivity contribution is 0.0985. The van der Waals surface area contributed by atoms with E-state index >= 15 is 0 Å². The Labute approximate surface area is 203 Å². The minimum Gasteiger partial charge on any atom is -0.494 e. The van der Waals surface area contributed by atoms with Crippen molar-refractivity contribution >= 4 is 44.2 Å². The Balaban J connectivity index is 1.62. The van der Waals surface area contributed by atoms with Gasteiger partial charge >= 0.3 is 0 Å². The van der Waals surface area contributed by atoms with Gasteiger partial charge in [0.25, 0.3) is 5.91 Å². The molecular formula is C26H26ClN3O2S. The van der Waals surface area contributed by atoms with Crippen molar-refractivity contribution in [3.8, 4) is 5.75 Å². The smallest absolute Gasteiger partial charge is 0.260 e. The fraction of sp³-hybridized carbons (Fsp3) is 0.269. The van der Waals surface area contributed by atoms with Crippen LogP contribution in [0, 0.1) is 6.92 Å². The number of rotatable bonds is 9. The summed E-state index contributed by atoms with van der Waals surface area (Å²) in [6.07, 6.45) is 6.78. The van der Waals surface area contributed by atoms with E-state index in [9.17, 15) is 4.79 Å². The van der Waals surface area contributed by atoms with Gasteiger partial charge in [-0.1, -0.05) is 42.7 Å². The van der Waals surface area contributed by atoms with Crippen LogP contribution in [0.5, 0.6) is 5.75 Å². The Hall–Kier alpha value is -2.96. The average molecular weight is 480 g/mol. The van der Waals surface area contributed by atoms with Gasteiger partial charge in [0, 0.05) is 23.0 Å². The lowest BCUT2D eigenvalue weighted by Gasteiger charge is -2.20. The summed E-state index contributed by atoms with van der Waals surface area (Å²) in [7, 11) is 0. The third kappa shape index (κ3) is 5.70. The van der Waals surface area contributed by atoms with Gasteiger partial charge in [0.1, 0.15) is 5.75 Å². The monoisotopic (exact) mass is 479 g/mol. The number of anilines is 1. The van der Waals surface area contributed by atoms with Crippen molar-refractivity contribution < 1.29 is 9.53 Å². The van der Waals surface area contributed by atoms with Crippen molar-refractivity contribution in [2.75, 3.05) is 11.5 Å². The highest BCUT2D eigenvalue weighted by atomic mass is 35.5. The predicted molar refractivity (Wildman–Crippen MR) is 136 cm³/mol. The van der Waals surface area contributed by atoms with Crippen LogP contribution in [-0.2, 0) is 6.54 Å². The molecule has 0 saturated carbocycles. The van der Waals surface area contributed by atoms with E-state index in [1.807, 2.05) is 55.5 Å². The van der Waals surface area contributed by atoms with Crippen molar-refractivity contribution in [3.05, 3.63) is 82.6 Å². The summed E-state index contributed by atoms with van der Waals surface area (Å²) in [5.41, 5.74) is 3.41.